The van der Waals surface area contributed by atoms with E-state index >= 15 is 0 Å². The fourth-order valence-electron chi connectivity index (χ4n) is 1.93. The van der Waals surface area contributed by atoms with Gasteiger partial charge in [0.1, 0.15) is 0 Å². The standard InChI is InChI=1S/C18H18ClN3O2/c19-16-8-4-7-15(11-16)13-21-22-18(24)10-9-17(23)20-12-14-5-2-1-3-6-14/h1-8,11,13H,9-10,12H2,(H,20,23)(H,22,24)/b21-13+. The number of nitrogens with zero attached hydrogens (tertiary/aromatic N) is 1. The normalized spacial score (nSPS) is 10.5. The van der Waals surface area contributed by atoms with Gasteiger partial charge in [0.2, 0.25) is 11.8 Å². The highest BCUT2D eigenvalue weighted by Gasteiger charge is 2.06. The topological polar surface area (TPSA) is 70.6 Å². The maximum absolute atomic E-state index is 11.7. The number of hydrogen-bond acceptors (Lipinski definition) is 3. The first-order valence-corrected chi connectivity index (χ1v) is 7.89. The molecule has 0 aliphatic rings. The molecular formula is C18H18ClN3O2. The second kappa shape index (κ2) is 9.47. The van der Waals surface area contributed by atoms with E-state index in [1.165, 1.54) is 6.21 Å². The lowest BCUT2D eigenvalue weighted by Crippen LogP contribution is -2.25. The van der Waals surface area contributed by atoms with E-state index in [9.17, 15) is 9.59 Å². The highest BCUT2D eigenvalue weighted by molar-refractivity contribution is 6.30. The summed E-state index contributed by atoms with van der Waals surface area (Å²) in [5, 5.41) is 7.21. The van der Waals surface area contributed by atoms with Crippen LogP contribution in [0, 0.1) is 0 Å². The van der Waals surface area contributed by atoms with Crippen LogP contribution in [0.2, 0.25) is 5.02 Å². The van der Waals surface area contributed by atoms with E-state index in [2.05, 4.69) is 15.8 Å². The molecule has 2 amide bonds. The van der Waals surface area contributed by atoms with Crippen LogP contribution in [0.5, 0.6) is 0 Å². The number of rotatable bonds is 7. The zero-order chi connectivity index (χ0) is 17.2. The molecule has 124 valence electrons. The Balaban J connectivity index is 1.66. The van der Waals surface area contributed by atoms with Gasteiger partial charge in [-0.25, -0.2) is 5.43 Å². The highest BCUT2D eigenvalue weighted by Crippen LogP contribution is 2.08. The Kier molecular flexibility index (Phi) is 6.98. The summed E-state index contributed by atoms with van der Waals surface area (Å²) >= 11 is 5.85. The van der Waals surface area contributed by atoms with E-state index in [1.807, 2.05) is 36.4 Å². The minimum absolute atomic E-state index is 0.0769. The Labute approximate surface area is 145 Å². The lowest BCUT2D eigenvalue weighted by molar-refractivity contribution is -0.126. The second-order valence-corrected chi connectivity index (χ2v) is 5.55. The van der Waals surface area contributed by atoms with Gasteiger partial charge in [0, 0.05) is 24.4 Å². The molecule has 5 nitrogen and oxygen atoms in total. The van der Waals surface area contributed by atoms with Crippen LogP contribution in [0.1, 0.15) is 24.0 Å². The van der Waals surface area contributed by atoms with Gasteiger partial charge in [0.15, 0.2) is 0 Å². The Morgan fingerprint density at radius 2 is 1.75 bits per heavy atom. The molecule has 2 aromatic carbocycles. The molecule has 0 spiro atoms. The fourth-order valence-corrected chi connectivity index (χ4v) is 2.13. The van der Waals surface area contributed by atoms with Gasteiger partial charge in [-0.05, 0) is 23.3 Å². The van der Waals surface area contributed by atoms with Crippen LogP contribution in [-0.4, -0.2) is 18.0 Å². The number of halogens is 1. The van der Waals surface area contributed by atoms with Gasteiger partial charge in [-0.15, -0.1) is 0 Å². The van der Waals surface area contributed by atoms with Gasteiger partial charge in [-0.1, -0.05) is 54.1 Å². The summed E-state index contributed by atoms with van der Waals surface area (Å²) in [6.45, 7) is 0.453. The molecular weight excluding hydrogens is 326 g/mol. The minimum atomic E-state index is -0.317. The van der Waals surface area contributed by atoms with Crippen molar-refractivity contribution in [2.45, 2.75) is 19.4 Å². The summed E-state index contributed by atoms with van der Waals surface area (Å²) in [6, 6.07) is 16.7. The zero-order valence-corrected chi connectivity index (χ0v) is 13.8. The molecule has 0 saturated carbocycles. The van der Waals surface area contributed by atoms with Crippen molar-refractivity contribution in [2.75, 3.05) is 0 Å². The lowest BCUT2D eigenvalue weighted by atomic mass is 10.2. The maximum Gasteiger partial charge on any atom is 0.240 e. The van der Waals surface area contributed by atoms with Crippen LogP contribution >= 0.6 is 11.6 Å². The molecule has 0 radical (unpaired) electrons. The molecule has 0 aliphatic heterocycles. The van der Waals surface area contributed by atoms with Gasteiger partial charge < -0.3 is 5.32 Å². The molecule has 0 aliphatic carbocycles. The van der Waals surface area contributed by atoms with Gasteiger partial charge in [-0.2, -0.15) is 5.10 Å². The first-order valence-electron chi connectivity index (χ1n) is 7.51. The Morgan fingerprint density at radius 3 is 2.50 bits per heavy atom. The van der Waals surface area contributed by atoms with Crippen LogP contribution in [-0.2, 0) is 16.1 Å². The highest BCUT2D eigenvalue weighted by atomic mass is 35.5. The Bertz CT molecular complexity index is 717. The van der Waals surface area contributed by atoms with Crippen LogP contribution in [0.15, 0.2) is 59.7 Å². The molecule has 0 heterocycles. The quantitative estimate of drug-likeness (QED) is 0.599. The van der Waals surface area contributed by atoms with E-state index < -0.39 is 0 Å². The van der Waals surface area contributed by atoms with Crippen LogP contribution in [0.25, 0.3) is 0 Å². The molecule has 0 bridgehead atoms. The molecule has 6 heteroatoms. The molecule has 0 unspecified atom stereocenters. The van der Waals surface area contributed by atoms with Crippen molar-refractivity contribution in [1.82, 2.24) is 10.7 Å². The van der Waals surface area contributed by atoms with E-state index in [0.717, 1.165) is 11.1 Å². The van der Waals surface area contributed by atoms with Gasteiger partial charge >= 0.3 is 0 Å². The molecule has 0 fully saturated rings. The zero-order valence-electron chi connectivity index (χ0n) is 13.0. The van der Waals surface area contributed by atoms with E-state index in [-0.39, 0.29) is 24.7 Å². The largest absolute Gasteiger partial charge is 0.352 e. The predicted octanol–water partition coefficient (Wildman–Crippen LogP) is 2.89. The van der Waals surface area contributed by atoms with Gasteiger partial charge in [-0.3, -0.25) is 9.59 Å². The second-order valence-electron chi connectivity index (χ2n) is 5.11. The number of carbonyl (C=O) groups is 2. The maximum atomic E-state index is 11.7. The summed E-state index contributed by atoms with van der Waals surface area (Å²) in [4.78, 5) is 23.4. The van der Waals surface area contributed by atoms with Crippen molar-refractivity contribution in [3.63, 3.8) is 0 Å². The summed E-state index contributed by atoms with van der Waals surface area (Å²) in [6.07, 6.45) is 1.69. The smallest absolute Gasteiger partial charge is 0.240 e. The third-order valence-electron chi connectivity index (χ3n) is 3.16. The fraction of sp³-hybridized carbons (Fsp3) is 0.167. The first-order chi connectivity index (χ1) is 11.6. The molecule has 2 rings (SSSR count). The number of hydrazone groups is 1. The number of benzene rings is 2. The average Bonchev–Trinajstić information content (AvgIpc) is 2.59. The van der Waals surface area contributed by atoms with Crippen molar-refractivity contribution in [1.29, 1.82) is 0 Å². The van der Waals surface area contributed by atoms with Crippen LogP contribution < -0.4 is 10.7 Å². The van der Waals surface area contributed by atoms with E-state index in [1.54, 1.807) is 18.2 Å². The van der Waals surface area contributed by atoms with Crippen molar-refractivity contribution in [3.8, 4) is 0 Å². The summed E-state index contributed by atoms with van der Waals surface area (Å²) in [7, 11) is 0. The number of nitrogens with one attached hydrogen (secondary N) is 2. The summed E-state index contributed by atoms with van der Waals surface area (Å²) < 4.78 is 0. The molecule has 0 atom stereocenters. The summed E-state index contributed by atoms with van der Waals surface area (Å²) in [5.41, 5.74) is 4.18. The monoisotopic (exact) mass is 343 g/mol. The molecule has 2 N–H and O–H groups in total. The Morgan fingerprint density at radius 1 is 1.00 bits per heavy atom. The van der Waals surface area contributed by atoms with Crippen LogP contribution in [0.4, 0.5) is 0 Å². The van der Waals surface area contributed by atoms with E-state index in [0.29, 0.717) is 11.6 Å². The molecule has 2 aromatic rings. The summed E-state index contributed by atoms with van der Waals surface area (Å²) in [5.74, 6) is -0.490. The van der Waals surface area contributed by atoms with Crippen molar-refractivity contribution in [3.05, 3.63) is 70.7 Å². The molecule has 0 saturated heterocycles. The van der Waals surface area contributed by atoms with Crippen LogP contribution in [0.3, 0.4) is 0 Å². The van der Waals surface area contributed by atoms with Crippen molar-refractivity contribution < 1.29 is 9.59 Å². The number of carbonyl (C=O) groups excluding carboxylic acids is 2. The predicted molar refractivity (Wildman–Crippen MR) is 94.7 cm³/mol. The molecule has 24 heavy (non-hydrogen) atoms. The number of hydrogen-bond donors (Lipinski definition) is 2. The van der Waals surface area contributed by atoms with Crippen molar-refractivity contribution in [2.24, 2.45) is 5.10 Å². The molecule has 0 aromatic heterocycles. The Hall–Kier alpha value is -2.66. The minimum Gasteiger partial charge on any atom is -0.352 e. The van der Waals surface area contributed by atoms with Gasteiger partial charge in [0.25, 0.3) is 0 Å². The third kappa shape index (κ3) is 6.62. The van der Waals surface area contributed by atoms with E-state index in [4.69, 9.17) is 11.6 Å². The first kappa shape index (κ1) is 17.7. The average molecular weight is 344 g/mol. The third-order valence-corrected chi connectivity index (χ3v) is 3.40. The van der Waals surface area contributed by atoms with Crippen molar-refractivity contribution >= 4 is 29.6 Å². The lowest BCUT2D eigenvalue weighted by Gasteiger charge is -2.04. The van der Waals surface area contributed by atoms with Gasteiger partial charge in [0.05, 0.1) is 6.21 Å². The number of amides is 2. The SMILES string of the molecule is O=C(CCC(=O)N/N=C/c1cccc(Cl)c1)NCc1ccccc1.